The van der Waals surface area contributed by atoms with Crippen LogP contribution < -0.4 is 14.9 Å². The fourth-order valence-corrected chi connectivity index (χ4v) is 9.06. The molecule has 2 aliphatic rings. The highest BCUT2D eigenvalue weighted by Crippen LogP contribution is 2.64. The molecule has 0 radical (unpaired) electrons. The number of fused-ring (bicyclic) bond motifs is 3. The number of benzene rings is 2. The molecule has 4 atom stereocenters. The van der Waals surface area contributed by atoms with E-state index < -0.39 is 66.3 Å². The molecular formula is C23H29N3O7S2. The van der Waals surface area contributed by atoms with E-state index in [4.69, 9.17) is 5.21 Å². The van der Waals surface area contributed by atoms with Crippen LogP contribution in [0, 0.1) is 16.7 Å². The van der Waals surface area contributed by atoms with Gasteiger partial charge in [-0.3, -0.25) is 14.8 Å². The number of ketones is 1. The number of rotatable bonds is 8. The van der Waals surface area contributed by atoms with Gasteiger partial charge in [-0.1, -0.05) is 57.2 Å². The van der Waals surface area contributed by atoms with Crippen molar-refractivity contribution in [2.75, 3.05) is 6.54 Å². The number of Topliss-reactive ketones (excluding diaryl/α,β-unsaturated/α-hetero) is 1. The molecule has 1 amide bonds. The lowest BCUT2D eigenvalue weighted by atomic mass is 9.70. The SMILES string of the molecule is CC12CCC(C(S(=O)(=O)NC(CNS(=O)(=O)c3cccc4ccccc34)C(=O)NO)C1=O)C2(C)C. The Morgan fingerprint density at radius 1 is 1.09 bits per heavy atom. The van der Waals surface area contributed by atoms with Crippen molar-refractivity contribution in [2.24, 2.45) is 16.7 Å². The molecule has 35 heavy (non-hydrogen) atoms. The molecular weight excluding hydrogens is 494 g/mol. The van der Waals surface area contributed by atoms with Gasteiger partial charge in [0, 0.05) is 17.3 Å². The first kappa shape index (κ1) is 25.7. The number of hydroxylamine groups is 1. The third-order valence-electron chi connectivity index (χ3n) is 8.06. The zero-order valence-electron chi connectivity index (χ0n) is 19.6. The highest BCUT2D eigenvalue weighted by Gasteiger charge is 2.69. The van der Waals surface area contributed by atoms with E-state index >= 15 is 0 Å². The fraction of sp³-hybridized carbons (Fsp3) is 0.478. The van der Waals surface area contributed by atoms with Crippen LogP contribution >= 0.6 is 0 Å². The number of nitrogens with one attached hydrogen (secondary N) is 3. The van der Waals surface area contributed by atoms with E-state index in [0.717, 1.165) is 0 Å². The van der Waals surface area contributed by atoms with Crippen molar-refractivity contribution in [3.05, 3.63) is 42.5 Å². The summed E-state index contributed by atoms with van der Waals surface area (Å²) in [7, 11) is -8.54. The molecule has 2 aromatic rings. The maximum Gasteiger partial charge on any atom is 0.262 e. The zero-order valence-corrected chi connectivity index (χ0v) is 21.2. The van der Waals surface area contributed by atoms with Gasteiger partial charge in [0.25, 0.3) is 5.91 Å². The summed E-state index contributed by atoms with van der Waals surface area (Å²) in [6.45, 7) is 4.83. The summed E-state index contributed by atoms with van der Waals surface area (Å²) >= 11 is 0. The lowest BCUT2D eigenvalue weighted by Crippen LogP contribution is -2.55. The van der Waals surface area contributed by atoms with Gasteiger partial charge < -0.3 is 0 Å². The van der Waals surface area contributed by atoms with Crippen LogP contribution in [0.5, 0.6) is 0 Å². The Bertz CT molecular complexity index is 1400. The van der Waals surface area contributed by atoms with Gasteiger partial charge in [-0.2, -0.15) is 0 Å². The Balaban J connectivity index is 1.58. The van der Waals surface area contributed by atoms with Gasteiger partial charge in [-0.25, -0.2) is 31.8 Å². The van der Waals surface area contributed by atoms with Gasteiger partial charge in [0.1, 0.15) is 11.3 Å². The first-order chi connectivity index (χ1) is 16.3. The third kappa shape index (κ3) is 4.06. The third-order valence-corrected chi connectivity index (χ3v) is 11.4. The van der Waals surface area contributed by atoms with Crippen molar-refractivity contribution in [3.8, 4) is 0 Å². The van der Waals surface area contributed by atoms with E-state index in [9.17, 15) is 26.4 Å². The standard InChI is InChI=1S/C23H29N3O7S2/c1-22(2)16-11-12-23(22,3)20(27)19(16)35(32,33)26-17(21(28)25-29)13-24-34(30,31)18-10-6-8-14-7-4-5-9-15(14)18/h4-10,16-17,19,24,26,29H,11-13H2,1-3H3,(H,25,28). The van der Waals surface area contributed by atoms with E-state index in [-0.39, 0.29) is 4.90 Å². The average Bonchev–Trinajstić information content (AvgIpc) is 3.13. The molecule has 4 rings (SSSR count). The maximum atomic E-state index is 13.3. The minimum absolute atomic E-state index is 0.0421. The summed E-state index contributed by atoms with van der Waals surface area (Å²) in [6, 6.07) is 9.86. The fourth-order valence-electron chi connectivity index (χ4n) is 5.60. The molecule has 10 nitrogen and oxygen atoms in total. The van der Waals surface area contributed by atoms with E-state index in [2.05, 4.69) is 9.44 Å². The Hall–Kier alpha value is -2.38. The number of amides is 1. The summed E-state index contributed by atoms with van der Waals surface area (Å²) in [4.78, 5) is 25.4. The summed E-state index contributed by atoms with van der Waals surface area (Å²) in [6.07, 6.45) is 1.13. The Kier molecular flexibility index (Phi) is 6.34. The van der Waals surface area contributed by atoms with Gasteiger partial charge >= 0.3 is 0 Å². The second kappa shape index (κ2) is 8.63. The van der Waals surface area contributed by atoms with E-state index in [1.807, 2.05) is 13.8 Å². The molecule has 190 valence electrons. The van der Waals surface area contributed by atoms with Crippen molar-refractivity contribution >= 4 is 42.5 Å². The van der Waals surface area contributed by atoms with Crippen molar-refractivity contribution in [2.45, 2.75) is 49.8 Å². The molecule has 2 aliphatic carbocycles. The highest BCUT2D eigenvalue weighted by molar-refractivity contribution is 7.91. The minimum atomic E-state index is -4.38. The summed E-state index contributed by atoms with van der Waals surface area (Å²) in [5.74, 6) is -2.01. The van der Waals surface area contributed by atoms with Gasteiger partial charge in [-0.05, 0) is 35.6 Å². The van der Waals surface area contributed by atoms with Crippen molar-refractivity contribution in [3.63, 3.8) is 0 Å². The van der Waals surface area contributed by atoms with Crippen LogP contribution in [0.4, 0.5) is 0 Å². The lowest BCUT2D eigenvalue weighted by molar-refractivity contribution is -0.131. The molecule has 0 aromatic heterocycles. The van der Waals surface area contributed by atoms with Crippen molar-refractivity contribution < 1.29 is 31.6 Å². The normalized spacial score (nSPS) is 26.7. The van der Waals surface area contributed by atoms with Crippen LogP contribution in [0.2, 0.25) is 0 Å². The van der Waals surface area contributed by atoms with E-state index in [1.54, 1.807) is 43.3 Å². The van der Waals surface area contributed by atoms with Crippen LogP contribution in [0.1, 0.15) is 33.6 Å². The molecule has 0 spiro atoms. The minimum Gasteiger partial charge on any atom is -0.298 e. The van der Waals surface area contributed by atoms with Crippen LogP contribution in [0.15, 0.2) is 47.4 Å². The number of hydrogen-bond acceptors (Lipinski definition) is 7. The summed E-state index contributed by atoms with van der Waals surface area (Å²) in [5, 5.41) is 8.94. The molecule has 2 aromatic carbocycles. The summed E-state index contributed by atoms with van der Waals surface area (Å²) in [5.41, 5.74) is 0.0159. The van der Waals surface area contributed by atoms with Crippen LogP contribution in [-0.2, 0) is 29.6 Å². The van der Waals surface area contributed by atoms with Gasteiger partial charge in [0.2, 0.25) is 20.0 Å². The molecule has 4 unspecified atom stereocenters. The predicted octanol–water partition coefficient (Wildman–Crippen LogP) is 1.31. The van der Waals surface area contributed by atoms with Gasteiger partial charge in [0.05, 0.1) is 4.90 Å². The van der Waals surface area contributed by atoms with Crippen LogP contribution in [0.25, 0.3) is 10.8 Å². The van der Waals surface area contributed by atoms with E-state index in [0.29, 0.717) is 23.6 Å². The first-order valence-electron chi connectivity index (χ1n) is 11.2. The maximum absolute atomic E-state index is 13.3. The smallest absolute Gasteiger partial charge is 0.262 e. The van der Waals surface area contributed by atoms with E-state index in [1.165, 1.54) is 11.5 Å². The molecule has 0 heterocycles. The van der Waals surface area contributed by atoms with Gasteiger partial charge in [0.15, 0.2) is 5.78 Å². The Labute approximate surface area is 204 Å². The Morgan fingerprint density at radius 3 is 2.37 bits per heavy atom. The second-order valence-corrected chi connectivity index (χ2v) is 13.6. The average molecular weight is 524 g/mol. The number of hydrogen-bond donors (Lipinski definition) is 4. The molecule has 0 aliphatic heterocycles. The van der Waals surface area contributed by atoms with Crippen molar-refractivity contribution in [1.29, 1.82) is 0 Å². The molecule has 12 heteroatoms. The van der Waals surface area contributed by atoms with Crippen molar-refractivity contribution in [1.82, 2.24) is 14.9 Å². The largest absolute Gasteiger partial charge is 0.298 e. The zero-order chi connectivity index (χ0) is 25.8. The molecule has 0 saturated heterocycles. The van der Waals surface area contributed by atoms with Gasteiger partial charge in [-0.15, -0.1) is 0 Å². The number of carbonyl (C=O) groups is 2. The quantitative estimate of drug-likeness (QED) is 0.300. The topological polar surface area (TPSA) is 159 Å². The lowest BCUT2D eigenvalue weighted by Gasteiger charge is -2.32. The molecule has 4 N–H and O–H groups in total. The van der Waals surface area contributed by atoms with Crippen LogP contribution in [-0.4, -0.2) is 51.6 Å². The highest BCUT2D eigenvalue weighted by atomic mass is 32.2. The molecule has 2 bridgehead atoms. The number of carbonyl (C=O) groups excluding carboxylic acids is 2. The number of sulfonamides is 2. The molecule has 2 saturated carbocycles. The summed E-state index contributed by atoms with van der Waals surface area (Å²) < 4.78 is 57.1. The predicted molar refractivity (Wildman–Crippen MR) is 128 cm³/mol. The molecule has 2 fully saturated rings. The second-order valence-electron chi connectivity index (χ2n) is 10.0. The first-order valence-corrected chi connectivity index (χ1v) is 14.3. The monoisotopic (exact) mass is 523 g/mol. The van der Waals surface area contributed by atoms with Crippen LogP contribution in [0.3, 0.4) is 0 Å². The Morgan fingerprint density at radius 2 is 1.74 bits per heavy atom.